The summed E-state index contributed by atoms with van der Waals surface area (Å²) >= 11 is 12.0. The van der Waals surface area contributed by atoms with Crippen LogP contribution in [0.25, 0.3) is 0 Å². The third-order valence-corrected chi connectivity index (χ3v) is 3.56. The van der Waals surface area contributed by atoms with Crippen molar-refractivity contribution in [3.8, 4) is 0 Å². The van der Waals surface area contributed by atoms with E-state index in [1.807, 2.05) is 12.1 Å². The second-order valence-corrected chi connectivity index (χ2v) is 5.21. The number of pyridine rings is 1. The van der Waals surface area contributed by atoms with Crippen LogP contribution in [0.1, 0.15) is 22.9 Å². The van der Waals surface area contributed by atoms with Crippen LogP contribution in [0.4, 0.5) is 0 Å². The highest BCUT2D eigenvalue weighted by molar-refractivity contribution is 6.34. The predicted molar refractivity (Wildman–Crippen MR) is 79.2 cm³/mol. The van der Waals surface area contributed by atoms with Crippen LogP contribution < -0.4 is 11.3 Å². The highest BCUT2D eigenvalue weighted by Crippen LogP contribution is 2.26. The molecule has 1 unspecified atom stereocenters. The lowest BCUT2D eigenvalue weighted by atomic mass is 9.99. The number of halogens is 2. The molecule has 1 heterocycles. The lowest BCUT2D eigenvalue weighted by molar-refractivity contribution is 0.537. The molecule has 100 valence electrons. The van der Waals surface area contributed by atoms with Crippen molar-refractivity contribution in [1.82, 2.24) is 10.4 Å². The Bertz CT molecular complexity index is 572. The molecule has 5 heteroatoms. The molecule has 3 nitrogen and oxygen atoms in total. The Morgan fingerprint density at radius 1 is 1.32 bits per heavy atom. The number of hydrazine groups is 1. The number of aromatic nitrogens is 1. The van der Waals surface area contributed by atoms with Gasteiger partial charge in [-0.05, 0) is 30.5 Å². The van der Waals surface area contributed by atoms with E-state index in [1.165, 1.54) is 11.1 Å². The molecule has 1 atom stereocenters. The van der Waals surface area contributed by atoms with Gasteiger partial charge >= 0.3 is 0 Å². The summed E-state index contributed by atoms with van der Waals surface area (Å²) in [6.07, 6.45) is 2.29. The fraction of sp³-hybridized carbons (Fsp3) is 0.214. The molecule has 0 amide bonds. The number of hydrogen-bond acceptors (Lipinski definition) is 3. The van der Waals surface area contributed by atoms with Gasteiger partial charge in [-0.3, -0.25) is 16.3 Å². The van der Waals surface area contributed by atoms with Crippen LogP contribution in [0.15, 0.2) is 36.5 Å². The standard InChI is InChI=1S/C14H15Cl2N3/c1-9-4-2-3-5-10(9)6-13(19-17)14-12(16)7-11(15)8-18-14/h2-5,7-8,13,19H,6,17H2,1H3. The molecule has 2 rings (SSSR count). The summed E-state index contributed by atoms with van der Waals surface area (Å²) in [6, 6.07) is 9.69. The zero-order valence-corrected chi connectivity index (χ0v) is 12.0. The molecule has 0 aliphatic heterocycles. The van der Waals surface area contributed by atoms with Gasteiger partial charge in [0, 0.05) is 6.20 Å². The first-order chi connectivity index (χ1) is 9.11. The lowest BCUT2D eigenvalue weighted by Gasteiger charge is -2.18. The van der Waals surface area contributed by atoms with Gasteiger partial charge in [0.2, 0.25) is 0 Å². The van der Waals surface area contributed by atoms with E-state index in [0.717, 1.165) is 6.42 Å². The number of nitrogens with two attached hydrogens (primary N) is 1. The fourth-order valence-electron chi connectivity index (χ4n) is 1.98. The average molecular weight is 296 g/mol. The van der Waals surface area contributed by atoms with Crippen LogP contribution in [0.3, 0.4) is 0 Å². The summed E-state index contributed by atoms with van der Waals surface area (Å²) in [4.78, 5) is 4.27. The number of benzene rings is 1. The molecular weight excluding hydrogens is 281 g/mol. The van der Waals surface area contributed by atoms with E-state index >= 15 is 0 Å². The Balaban J connectivity index is 2.28. The second-order valence-electron chi connectivity index (χ2n) is 4.37. The number of nitrogens with zero attached hydrogens (tertiary/aromatic N) is 1. The lowest BCUT2D eigenvalue weighted by Crippen LogP contribution is -2.30. The van der Waals surface area contributed by atoms with E-state index in [1.54, 1.807) is 12.3 Å². The quantitative estimate of drug-likeness (QED) is 0.671. The number of rotatable bonds is 4. The van der Waals surface area contributed by atoms with Crippen LogP contribution >= 0.6 is 23.2 Å². The molecule has 0 saturated heterocycles. The summed E-state index contributed by atoms with van der Waals surface area (Å²) in [5.74, 6) is 5.63. The maximum absolute atomic E-state index is 6.17. The molecule has 3 N–H and O–H groups in total. The Kier molecular flexibility index (Phi) is 4.77. The third-order valence-electron chi connectivity index (χ3n) is 3.05. The van der Waals surface area contributed by atoms with Crippen molar-refractivity contribution < 1.29 is 0 Å². The van der Waals surface area contributed by atoms with E-state index in [2.05, 4.69) is 29.5 Å². The second kappa shape index (κ2) is 6.35. The SMILES string of the molecule is Cc1ccccc1CC(NN)c1ncc(Cl)cc1Cl. The molecule has 0 aliphatic rings. The smallest absolute Gasteiger partial charge is 0.0777 e. The van der Waals surface area contributed by atoms with Crippen molar-refractivity contribution in [3.05, 3.63) is 63.4 Å². The van der Waals surface area contributed by atoms with Crippen LogP contribution in [0.5, 0.6) is 0 Å². The molecule has 0 saturated carbocycles. The summed E-state index contributed by atoms with van der Waals surface area (Å²) in [7, 11) is 0. The largest absolute Gasteiger partial charge is 0.271 e. The van der Waals surface area contributed by atoms with E-state index in [0.29, 0.717) is 15.7 Å². The fourth-order valence-corrected chi connectivity index (χ4v) is 2.49. The van der Waals surface area contributed by atoms with Crippen molar-refractivity contribution in [2.45, 2.75) is 19.4 Å². The molecule has 1 aromatic carbocycles. The van der Waals surface area contributed by atoms with E-state index in [4.69, 9.17) is 29.0 Å². The molecular formula is C14H15Cl2N3. The predicted octanol–water partition coefficient (Wildman–Crippen LogP) is 3.44. The zero-order chi connectivity index (χ0) is 13.8. The first-order valence-electron chi connectivity index (χ1n) is 5.93. The summed E-state index contributed by atoms with van der Waals surface area (Å²) in [5.41, 5.74) is 5.89. The van der Waals surface area contributed by atoms with Crippen molar-refractivity contribution >= 4 is 23.2 Å². The molecule has 19 heavy (non-hydrogen) atoms. The molecule has 0 bridgehead atoms. The first kappa shape index (κ1) is 14.3. The Morgan fingerprint density at radius 2 is 2.05 bits per heavy atom. The van der Waals surface area contributed by atoms with Crippen LogP contribution in [0, 0.1) is 6.92 Å². The normalized spacial score (nSPS) is 12.4. The van der Waals surface area contributed by atoms with E-state index in [9.17, 15) is 0 Å². The minimum atomic E-state index is -0.147. The van der Waals surface area contributed by atoms with Crippen molar-refractivity contribution in [2.24, 2.45) is 5.84 Å². The Hall–Kier alpha value is -1.13. The molecule has 0 aliphatic carbocycles. The highest BCUT2D eigenvalue weighted by Gasteiger charge is 2.16. The molecule has 0 spiro atoms. The number of hydrogen-bond donors (Lipinski definition) is 2. The Morgan fingerprint density at radius 3 is 2.68 bits per heavy atom. The summed E-state index contributed by atoms with van der Waals surface area (Å²) < 4.78 is 0. The van der Waals surface area contributed by atoms with Crippen molar-refractivity contribution in [1.29, 1.82) is 0 Å². The monoisotopic (exact) mass is 295 g/mol. The molecule has 0 fully saturated rings. The van der Waals surface area contributed by atoms with Gasteiger partial charge in [-0.15, -0.1) is 0 Å². The van der Waals surface area contributed by atoms with E-state index < -0.39 is 0 Å². The van der Waals surface area contributed by atoms with Gasteiger partial charge in [-0.2, -0.15) is 0 Å². The van der Waals surface area contributed by atoms with Crippen LogP contribution in [-0.4, -0.2) is 4.98 Å². The maximum Gasteiger partial charge on any atom is 0.0777 e. The van der Waals surface area contributed by atoms with Gasteiger partial charge in [0.05, 0.1) is 21.8 Å². The number of nitrogens with one attached hydrogen (secondary N) is 1. The molecule has 1 aromatic heterocycles. The third kappa shape index (κ3) is 3.45. The van der Waals surface area contributed by atoms with E-state index in [-0.39, 0.29) is 6.04 Å². The van der Waals surface area contributed by atoms with Crippen LogP contribution in [0.2, 0.25) is 10.0 Å². The highest BCUT2D eigenvalue weighted by atomic mass is 35.5. The van der Waals surface area contributed by atoms with Gasteiger partial charge in [0.25, 0.3) is 0 Å². The number of aryl methyl sites for hydroxylation is 1. The first-order valence-corrected chi connectivity index (χ1v) is 6.69. The van der Waals surface area contributed by atoms with Crippen molar-refractivity contribution in [3.63, 3.8) is 0 Å². The topological polar surface area (TPSA) is 50.9 Å². The molecule has 2 aromatic rings. The van der Waals surface area contributed by atoms with Crippen molar-refractivity contribution in [2.75, 3.05) is 0 Å². The van der Waals surface area contributed by atoms with Gasteiger partial charge in [-0.25, -0.2) is 0 Å². The molecule has 0 radical (unpaired) electrons. The van der Waals surface area contributed by atoms with Gasteiger partial charge in [-0.1, -0.05) is 47.5 Å². The zero-order valence-electron chi connectivity index (χ0n) is 10.5. The van der Waals surface area contributed by atoms with Gasteiger partial charge < -0.3 is 0 Å². The van der Waals surface area contributed by atoms with Gasteiger partial charge in [0.15, 0.2) is 0 Å². The van der Waals surface area contributed by atoms with Crippen LogP contribution in [-0.2, 0) is 6.42 Å². The summed E-state index contributed by atoms with van der Waals surface area (Å²) in [5, 5.41) is 1.03. The maximum atomic E-state index is 6.17. The summed E-state index contributed by atoms with van der Waals surface area (Å²) in [6.45, 7) is 2.07. The minimum Gasteiger partial charge on any atom is -0.271 e. The average Bonchev–Trinajstić information content (AvgIpc) is 2.39. The van der Waals surface area contributed by atoms with Gasteiger partial charge in [0.1, 0.15) is 0 Å². The minimum absolute atomic E-state index is 0.147. The Labute approximate surface area is 122 Å².